The van der Waals surface area contributed by atoms with Gasteiger partial charge in [0.15, 0.2) is 0 Å². The fourth-order valence-corrected chi connectivity index (χ4v) is 0.947. The zero-order chi connectivity index (χ0) is 9.12. The molecule has 0 atom stereocenters. The van der Waals surface area contributed by atoms with Gasteiger partial charge in [0.1, 0.15) is 0 Å². The Morgan fingerprint density at radius 1 is 1.25 bits per heavy atom. The summed E-state index contributed by atoms with van der Waals surface area (Å²) in [5, 5.41) is 0. The minimum atomic E-state index is -4.50. The minimum absolute atomic E-state index is 0. The van der Waals surface area contributed by atoms with Crippen LogP contribution in [0.5, 0.6) is 0 Å². The molecule has 0 aromatic rings. The molecule has 0 rings (SSSR count). The molecule has 0 N–H and O–H groups in total. The number of halogens is 3. The van der Waals surface area contributed by atoms with E-state index in [0.29, 0.717) is 0 Å². The van der Waals surface area contributed by atoms with Gasteiger partial charge in [0.2, 0.25) is 0 Å². The molecule has 0 aliphatic carbocycles. The van der Waals surface area contributed by atoms with Crippen molar-refractivity contribution in [1.82, 2.24) is 0 Å². The van der Waals surface area contributed by atoms with Crippen LogP contribution in [0.15, 0.2) is 0 Å². The predicted molar refractivity (Wildman–Crippen MR) is 29.9 cm³/mol. The van der Waals surface area contributed by atoms with E-state index in [-0.39, 0.29) is 68.9 Å². The zero-order valence-electron chi connectivity index (χ0n) is 6.39. The van der Waals surface area contributed by atoms with Gasteiger partial charge in [0.05, 0.1) is 10.1 Å². The van der Waals surface area contributed by atoms with Crippen LogP contribution in [0.3, 0.4) is 0 Å². The molecule has 8 heteroatoms. The summed E-state index contributed by atoms with van der Waals surface area (Å²) in [6, 6.07) is 0. The SMILES string of the molecule is O=S(=O)([O-])CCCC(F)(F)F.[Cs+]. The van der Waals surface area contributed by atoms with Crippen molar-refractivity contribution in [1.29, 1.82) is 0 Å². The molecule has 0 bridgehead atoms. The van der Waals surface area contributed by atoms with Crippen LogP contribution < -0.4 is 68.9 Å². The van der Waals surface area contributed by atoms with Gasteiger partial charge in [-0.15, -0.1) is 0 Å². The first-order chi connectivity index (χ1) is 4.71. The Balaban J connectivity index is 0. The molecule has 0 aromatic carbocycles. The molecule has 0 spiro atoms. The third kappa shape index (κ3) is 14.3. The largest absolute Gasteiger partial charge is 1.00 e. The number of hydrogen-bond acceptors (Lipinski definition) is 3. The molecular formula is C4H6CsF3O3S. The van der Waals surface area contributed by atoms with Crippen molar-refractivity contribution >= 4 is 10.1 Å². The minimum Gasteiger partial charge on any atom is -0.748 e. The fraction of sp³-hybridized carbons (Fsp3) is 1.00. The van der Waals surface area contributed by atoms with Gasteiger partial charge in [0.25, 0.3) is 0 Å². The molecule has 12 heavy (non-hydrogen) atoms. The summed E-state index contributed by atoms with van der Waals surface area (Å²) >= 11 is 0. The first kappa shape index (κ1) is 16.2. The molecular weight excluding hydrogens is 318 g/mol. The van der Waals surface area contributed by atoms with Crippen molar-refractivity contribution in [3.63, 3.8) is 0 Å². The molecule has 0 radical (unpaired) electrons. The van der Waals surface area contributed by atoms with E-state index in [0.717, 1.165) is 0 Å². The molecule has 0 aromatic heterocycles. The Labute approximate surface area is 127 Å². The first-order valence-corrected chi connectivity index (χ1v) is 4.29. The van der Waals surface area contributed by atoms with Gasteiger partial charge in [-0.3, -0.25) is 0 Å². The number of hydrogen-bond donors (Lipinski definition) is 0. The summed E-state index contributed by atoms with van der Waals surface area (Å²) < 4.78 is 63.4. The van der Waals surface area contributed by atoms with Crippen LogP contribution >= 0.6 is 0 Å². The molecule has 0 aliphatic heterocycles. The van der Waals surface area contributed by atoms with E-state index in [1.807, 2.05) is 0 Å². The van der Waals surface area contributed by atoms with Gasteiger partial charge in [-0.2, -0.15) is 13.2 Å². The standard InChI is InChI=1S/C4H7F3O3S.Cs/c5-4(6,7)2-1-3-11(8,9)10;/h1-3H2,(H,8,9,10);/q;+1/p-1. The monoisotopic (exact) mass is 324 g/mol. The average Bonchev–Trinajstić information content (AvgIpc) is 1.55. The molecule has 0 amide bonds. The summed E-state index contributed by atoms with van der Waals surface area (Å²) in [6.07, 6.45) is -6.27. The smallest absolute Gasteiger partial charge is 0.748 e. The second kappa shape index (κ2) is 6.28. The Morgan fingerprint density at radius 3 is 1.92 bits per heavy atom. The predicted octanol–water partition coefficient (Wildman–Crippen LogP) is -2.12. The molecule has 3 nitrogen and oxygen atoms in total. The van der Waals surface area contributed by atoms with Gasteiger partial charge in [-0.25, -0.2) is 8.42 Å². The average molecular weight is 324 g/mol. The third-order valence-electron chi connectivity index (χ3n) is 0.855. The molecule has 68 valence electrons. The molecule has 0 heterocycles. The van der Waals surface area contributed by atoms with Crippen molar-refractivity contribution in [3.05, 3.63) is 0 Å². The van der Waals surface area contributed by atoms with Crippen LogP contribution in [0.4, 0.5) is 13.2 Å². The quantitative estimate of drug-likeness (QED) is 0.558. The zero-order valence-corrected chi connectivity index (χ0v) is 13.5. The van der Waals surface area contributed by atoms with Crippen LogP contribution in [0.1, 0.15) is 12.8 Å². The maximum absolute atomic E-state index is 11.3. The van der Waals surface area contributed by atoms with Crippen LogP contribution in [-0.4, -0.2) is 24.9 Å². The molecule has 0 saturated carbocycles. The maximum atomic E-state index is 11.3. The summed E-state index contributed by atoms with van der Waals surface area (Å²) in [6.45, 7) is 0. The fourth-order valence-electron chi connectivity index (χ4n) is 0.449. The Hall–Kier alpha value is 1.75. The second-order valence-electron chi connectivity index (χ2n) is 1.98. The van der Waals surface area contributed by atoms with Crippen molar-refractivity contribution in [3.8, 4) is 0 Å². The Morgan fingerprint density at radius 2 is 1.67 bits per heavy atom. The van der Waals surface area contributed by atoms with Crippen molar-refractivity contribution < 1.29 is 95.0 Å². The third-order valence-corrected chi connectivity index (χ3v) is 1.64. The second-order valence-corrected chi connectivity index (χ2v) is 3.50. The molecule has 0 aliphatic rings. The molecule has 0 saturated heterocycles. The summed E-state index contributed by atoms with van der Waals surface area (Å²) in [5.41, 5.74) is 0. The van der Waals surface area contributed by atoms with Crippen LogP contribution in [0, 0.1) is 0 Å². The normalized spacial score (nSPS) is 12.3. The van der Waals surface area contributed by atoms with Gasteiger partial charge >= 0.3 is 75.1 Å². The van der Waals surface area contributed by atoms with Crippen molar-refractivity contribution in [2.24, 2.45) is 0 Å². The molecule has 0 unspecified atom stereocenters. The topological polar surface area (TPSA) is 57.2 Å². The Kier molecular flexibility index (Phi) is 8.47. The van der Waals surface area contributed by atoms with Gasteiger partial charge in [-0.1, -0.05) is 0 Å². The van der Waals surface area contributed by atoms with E-state index in [2.05, 4.69) is 0 Å². The van der Waals surface area contributed by atoms with E-state index in [1.54, 1.807) is 0 Å². The summed E-state index contributed by atoms with van der Waals surface area (Å²) in [5.74, 6) is -0.952. The van der Waals surface area contributed by atoms with E-state index in [4.69, 9.17) is 0 Å². The van der Waals surface area contributed by atoms with Gasteiger partial charge in [-0.05, 0) is 6.42 Å². The first-order valence-electron chi connectivity index (χ1n) is 2.71. The molecule has 0 fully saturated rings. The van der Waals surface area contributed by atoms with Gasteiger partial charge in [0, 0.05) is 12.2 Å². The van der Waals surface area contributed by atoms with Crippen molar-refractivity contribution in [2.75, 3.05) is 5.75 Å². The number of alkyl halides is 3. The van der Waals surface area contributed by atoms with Crippen LogP contribution in [-0.2, 0) is 10.1 Å². The van der Waals surface area contributed by atoms with E-state index < -0.39 is 34.9 Å². The van der Waals surface area contributed by atoms with Crippen LogP contribution in [0.25, 0.3) is 0 Å². The van der Waals surface area contributed by atoms with E-state index in [9.17, 15) is 26.1 Å². The summed E-state index contributed by atoms with van der Waals surface area (Å²) in [7, 11) is -4.50. The Bertz CT molecular complexity index is 210. The number of rotatable bonds is 3. The van der Waals surface area contributed by atoms with Gasteiger partial charge < -0.3 is 4.55 Å². The summed E-state index contributed by atoms with van der Waals surface area (Å²) in [4.78, 5) is 0. The van der Waals surface area contributed by atoms with Crippen molar-refractivity contribution in [2.45, 2.75) is 19.0 Å². The maximum Gasteiger partial charge on any atom is 1.00 e. The van der Waals surface area contributed by atoms with Crippen LogP contribution in [0.2, 0.25) is 0 Å². The van der Waals surface area contributed by atoms with E-state index in [1.165, 1.54) is 0 Å². The van der Waals surface area contributed by atoms with E-state index >= 15 is 0 Å².